The van der Waals surface area contributed by atoms with E-state index >= 15 is 0 Å². The third-order valence-corrected chi connectivity index (χ3v) is 2.19. The van der Waals surface area contributed by atoms with Crippen molar-refractivity contribution in [1.82, 2.24) is 0 Å². The average Bonchev–Trinajstić information content (AvgIpc) is 2.37. The van der Waals surface area contributed by atoms with Gasteiger partial charge in [0.2, 0.25) is 5.91 Å². The van der Waals surface area contributed by atoms with Crippen molar-refractivity contribution in [2.45, 2.75) is 6.42 Å². The molecule has 1 amide bonds. The molecule has 7 nitrogen and oxygen atoms in total. The molecule has 0 spiro atoms. The maximum Gasteiger partial charge on any atom is 0.339 e. The van der Waals surface area contributed by atoms with Crippen molar-refractivity contribution in [1.29, 1.82) is 5.26 Å². The number of carboxylic acids is 1. The molecule has 0 aliphatic heterocycles. The van der Waals surface area contributed by atoms with Crippen LogP contribution in [-0.2, 0) is 9.53 Å². The van der Waals surface area contributed by atoms with E-state index in [-0.39, 0.29) is 16.8 Å². The highest BCUT2D eigenvalue weighted by molar-refractivity contribution is 6.03. The van der Waals surface area contributed by atoms with Crippen LogP contribution in [0.4, 0.5) is 5.69 Å². The van der Waals surface area contributed by atoms with Crippen molar-refractivity contribution in [3.63, 3.8) is 0 Å². The van der Waals surface area contributed by atoms with Crippen LogP contribution >= 0.6 is 0 Å². The molecule has 0 aromatic heterocycles. The van der Waals surface area contributed by atoms with Crippen molar-refractivity contribution in [2.24, 2.45) is 0 Å². The maximum atomic E-state index is 11.5. The molecule has 0 atom stereocenters. The van der Waals surface area contributed by atoms with Gasteiger partial charge in [0.1, 0.15) is 6.42 Å². The van der Waals surface area contributed by atoms with E-state index in [1.54, 1.807) is 6.07 Å². The van der Waals surface area contributed by atoms with Crippen molar-refractivity contribution < 1.29 is 24.2 Å². The smallest absolute Gasteiger partial charge is 0.339 e. The molecule has 19 heavy (non-hydrogen) atoms. The molecule has 1 aromatic carbocycles. The highest BCUT2D eigenvalue weighted by Crippen LogP contribution is 2.19. The molecule has 0 aliphatic carbocycles. The minimum Gasteiger partial charge on any atom is -0.478 e. The first-order chi connectivity index (χ1) is 8.99. The van der Waals surface area contributed by atoms with Crippen molar-refractivity contribution in [3.05, 3.63) is 29.3 Å². The molecule has 0 unspecified atom stereocenters. The predicted molar refractivity (Wildman–Crippen MR) is 63.6 cm³/mol. The Hall–Kier alpha value is -2.88. The zero-order valence-corrected chi connectivity index (χ0v) is 9.97. The summed E-state index contributed by atoms with van der Waals surface area (Å²) in [5, 5.41) is 19.5. The summed E-state index contributed by atoms with van der Waals surface area (Å²) in [6.07, 6.45) is -0.405. The summed E-state index contributed by atoms with van der Waals surface area (Å²) in [6, 6.07) is 5.22. The number of carbonyl (C=O) groups excluding carboxylic acids is 2. The lowest BCUT2D eigenvalue weighted by Crippen LogP contribution is -2.15. The molecule has 1 aromatic rings. The molecule has 0 saturated carbocycles. The zero-order chi connectivity index (χ0) is 14.4. The first kappa shape index (κ1) is 14.2. The average molecular weight is 262 g/mol. The fraction of sp³-hybridized carbons (Fsp3) is 0.167. The molecular formula is C12H10N2O5. The fourth-order valence-corrected chi connectivity index (χ4v) is 1.33. The van der Waals surface area contributed by atoms with Gasteiger partial charge in [-0.3, -0.25) is 4.79 Å². The highest BCUT2D eigenvalue weighted by atomic mass is 16.5. The minimum atomic E-state index is -1.20. The van der Waals surface area contributed by atoms with Crippen LogP contribution in [0.3, 0.4) is 0 Å². The largest absolute Gasteiger partial charge is 0.478 e. The number of nitrogens with one attached hydrogen (secondary N) is 1. The van der Waals surface area contributed by atoms with E-state index in [9.17, 15) is 14.4 Å². The monoisotopic (exact) mass is 262 g/mol. The van der Waals surface area contributed by atoms with Crippen LogP contribution in [0.1, 0.15) is 27.1 Å². The SMILES string of the molecule is COC(=O)c1ccc(C(=O)O)cc1NC(=O)CC#N. The van der Waals surface area contributed by atoms with Crippen LogP contribution in [0.15, 0.2) is 18.2 Å². The lowest BCUT2D eigenvalue weighted by Gasteiger charge is -2.09. The number of nitriles is 1. The molecule has 0 bridgehead atoms. The summed E-state index contributed by atoms with van der Waals surface area (Å²) >= 11 is 0. The topological polar surface area (TPSA) is 116 Å². The number of carbonyl (C=O) groups is 3. The third kappa shape index (κ3) is 3.54. The number of ether oxygens (including phenoxy) is 1. The molecular weight excluding hydrogens is 252 g/mol. The Morgan fingerprint density at radius 1 is 1.42 bits per heavy atom. The Morgan fingerprint density at radius 2 is 2.11 bits per heavy atom. The number of esters is 1. The first-order valence-corrected chi connectivity index (χ1v) is 5.12. The standard InChI is InChI=1S/C12H10N2O5/c1-19-12(18)8-3-2-7(11(16)17)6-9(8)14-10(15)4-5-13/h2-3,6H,4H2,1H3,(H,14,15)(H,16,17). The number of benzene rings is 1. The van der Waals surface area contributed by atoms with E-state index < -0.39 is 24.3 Å². The summed E-state index contributed by atoms with van der Waals surface area (Å²) < 4.78 is 4.52. The second kappa shape index (κ2) is 6.16. The van der Waals surface area contributed by atoms with E-state index in [1.165, 1.54) is 12.1 Å². The zero-order valence-electron chi connectivity index (χ0n) is 9.97. The van der Waals surface area contributed by atoms with E-state index in [4.69, 9.17) is 10.4 Å². The van der Waals surface area contributed by atoms with Crippen molar-refractivity contribution in [3.8, 4) is 6.07 Å². The lowest BCUT2D eigenvalue weighted by atomic mass is 10.1. The highest BCUT2D eigenvalue weighted by Gasteiger charge is 2.16. The lowest BCUT2D eigenvalue weighted by molar-refractivity contribution is -0.115. The van der Waals surface area contributed by atoms with Gasteiger partial charge in [0.25, 0.3) is 0 Å². The number of amides is 1. The Morgan fingerprint density at radius 3 is 2.63 bits per heavy atom. The van der Waals surface area contributed by atoms with E-state index in [2.05, 4.69) is 10.1 Å². The number of carboxylic acid groups (broad SMARTS) is 1. The molecule has 2 N–H and O–H groups in total. The van der Waals surface area contributed by atoms with Crippen LogP contribution < -0.4 is 5.32 Å². The molecule has 0 radical (unpaired) electrons. The minimum absolute atomic E-state index is 0.00741. The predicted octanol–water partition coefficient (Wildman–Crippen LogP) is 1.02. The van der Waals surface area contributed by atoms with Gasteiger partial charge in [-0.25, -0.2) is 9.59 Å². The van der Waals surface area contributed by atoms with Gasteiger partial charge in [-0.15, -0.1) is 0 Å². The van der Waals surface area contributed by atoms with E-state index in [0.717, 1.165) is 13.2 Å². The molecule has 1 rings (SSSR count). The molecule has 98 valence electrons. The number of anilines is 1. The van der Waals surface area contributed by atoms with Crippen LogP contribution in [0, 0.1) is 11.3 Å². The Bertz CT molecular complexity index is 574. The summed E-state index contributed by atoms with van der Waals surface area (Å²) in [7, 11) is 1.16. The van der Waals surface area contributed by atoms with Gasteiger partial charge in [-0.1, -0.05) is 0 Å². The number of hydrogen-bond donors (Lipinski definition) is 2. The number of hydrogen-bond acceptors (Lipinski definition) is 5. The summed E-state index contributed by atoms with van der Waals surface area (Å²) in [6.45, 7) is 0. The van der Waals surface area contributed by atoms with Crippen LogP contribution in [-0.4, -0.2) is 30.1 Å². The van der Waals surface area contributed by atoms with E-state index in [0.29, 0.717) is 0 Å². The number of aromatic carboxylic acids is 1. The van der Waals surface area contributed by atoms with Gasteiger partial charge in [-0.2, -0.15) is 5.26 Å². The number of nitrogens with zero attached hydrogens (tertiary/aromatic N) is 1. The second-order valence-electron chi connectivity index (χ2n) is 3.44. The summed E-state index contributed by atoms with van der Waals surface area (Å²) in [4.78, 5) is 33.6. The van der Waals surface area contributed by atoms with Gasteiger partial charge >= 0.3 is 11.9 Å². The van der Waals surface area contributed by atoms with E-state index in [1.807, 2.05) is 0 Å². The van der Waals surface area contributed by atoms with Crippen molar-refractivity contribution in [2.75, 3.05) is 12.4 Å². The number of methoxy groups -OCH3 is 1. The first-order valence-electron chi connectivity index (χ1n) is 5.12. The molecule has 7 heteroatoms. The normalized spacial score (nSPS) is 9.26. The Kier molecular flexibility index (Phi) is 4.60. The van der Waals surface area contributed by atoms with Gasteiger partial charge in [0, 0.05) is 0 Å². The summed E-state index contributed by atoms with van der Waals surface area (Å²) in [5.41, 5.74) is -0.0919. The third-order valence-electron chi connectivity index (χ3n) is 2.19. The quantitative estimate of drug-likeness (QED) is 0.782. The van der Waals surface area contributed by atoms with Crippen molar-refractivity contribution >= 4 is 23.5 Å². The van der Waals surface area contributed by atoms with Gasteiger partial charge < -0.3 is 15.2 Å². The van der Waals surface area contributed by atoms with Gasteiger partial charge in [0.15, 0.2) is 0 Å². The molecule has 0 fully saturated rings. The molecule has 0 heterocycles. The molecule has 0 aliphatic rings. The van der Waals surface area contributed by atoms with Crippen LogP contribution in [0.2, 0.25) is 0 Å². The maximum absolute atomic E-state index is 11.5. The van der Waals surface area contributed by atoms with Gasteiger partial charge in [0.05, 0.1) is 30.0 Å². The van der Waals surface area contributed by atoms with Crippen LogP contribution in [0.5, 0.6) is 0 Å². The second-order valence-corrected chi connectivity index (χ2v) is 3.44. The Balaban J connectivity index is 3.18. The Labute approximate surface area is 108 Å². The fourth-order valence-electron chi connectivity index (χ4n) is 1.33. The molecule has 0 saturated heterocycles. The number of rotatable bonds is 4. The summed E-state index contributed by atoms with van der Waals surface area (Å²) in [5.74, 6) is -2.56. The van der Waals surface area contributed by atoms with Gasteiger partial charge in [-0.05, 0) is 18.2 Å². The van der Waals surface area contributed by atoms with Crippen LogP contribution in [0.25, 0.3) is 0 Å².